The van der Waals surface area contributed by atoms with Crippen LogP contribution in [0.4, 0.5) is 0 Å². The molecule has 1 fully saturated rings. The molecule has 0 spiro atoms. The maximum Gasteiger partial charge on any atom is 0.189 e. The highest BCUT2D eigenvalue weighted by molar-refractivity contribution is 5.78. The lowest BCUT2D eigenvalue weighted by atomic mass is 10.4. The van der Waals surface area contributed by atoms with Gasteiger partial charge < -0.3 is 15.8 Å². The molecular formula is C8H17N3O. The first-order valence-corrected chi connectivity index (χ1v) is 4.31. The number of hydrogen-bond acceptors (Lipinski definition) is 2. The number of nitrogens with one attached hydrogen (secondary N) is 1. The number of methoxy groups -OCH3 is 1. The number of rotatable bonds is 4. The summed E-state index contributed by atoms with van der Waals surface area (Å²) in [6, 6.07) is 0.713. The first-order valence-electron chi connectivity index (χ1n) is 4.31. The molecule has 0 saturated heterocycles. The summed E-state index contributed by atoms with van der Waals surface area (Å²) in [4.78, 5) is 4.24. The second kappa shape index (κ2) is 4.30. The van der Waals surface area contributed by atoms with Crippen molar-refractivity contribution in [2.75, 3.05) is 13.7 Å². The number of nitrogens with two attached hydrogens (primary N) is 1. The van der Waals surface area contributed by atoms with E-state index >= 15 is 0 Å². The van der Waals surface area contributed by atoms with Gasteiger partial charge in [-0.2, -0.15) is 0 Å². The maximum atomic E-state index is 5.63. The van der Waals surface area contributed by atoms with Gasteiger partial charge in [-0.05, 0) is 19.8 Å². The van der Waals surface area contributed by atoms with Crippen LogP contribution in [0.15, 0.2) is 4.99 Å². The van der Waals surface area contributed by atoms with E-state index < -0.39 is 0 Å². The Morgan fingerprint density at radius 3 is 2.92 bits per heavy atom. The summed E-state index contributed by atoms with van der Waals surface area (Å²) >= 11 is 0. The number of nitrogens with zero attached hydrogens (tertiary/aromatic N) is 1. The van der Waals surface area contributed by atoms with Crippen LogP contribution in [0.3, 0.4) is 0 Å². The van der Waals surface area contributed by atoms with E-state index in [1.54, 1.807) is 7.11 Å². The van der Waals surface area contributed by atoms with Gasteiger partial charge in [0, 0.05) is 13.2 Å². The minimum atomic E-state index is 0.234. The van der Waals surface area contributed by atoms with Crippen LogP contribution in [0.25, 0.3) is 0 Å². The van der Waals surface area contributed by atoms with E-state index in [9.17, 15) is 0 Å². The molecule has 1 unspecified atom stereocenters. The minimum absolute atomic E-state index is 0.234. The van der Waals surface area contributed by atoms with E-state index in [-0.39, 0.29) is 6.04 Å². The molecule has 12 heavy (non-hydrogen) atoms. The molecule has 1 atom stereocenters. The lowest BCUT2D eigenvalue weighted by Gasteiger charge is -2.12. The van der Waals surface area contributed by atoms with Crippen molar-refractivity contribution in [3.8, 4) is 0 Å². The van der Waals surface area contributed by atoms with Crippen molar-refractivity contribution in [2.24, 2.45) is 10.7 Å². The van der Waals surface area contributed by atoms with E-state index in [4.69, 9.17) is 10.5 Å². The Bertz CT molecular complexity index is 166. The van der Waals surface area contributed by atoms with Gasteiger partial charge in [0.15, 0.2) is 5.96 Å². The molecule has 0 bridgehead atoms. The SMILES string of the molecule is COCC(C)NC(N)=NC1CC1. The standard InChI is InChI=1S/C8H17N3O/c1-6(5-12-2)10-8(9)11-7-3-4-7/h6-7H,3-5H2,1-2H3,(H3,9,10,11). The lowest BCUT2D eigenvalue weighted by molar-refractivity contribution is 0.179. The molecule has 3 N–H and O–H groups in total. The summed E-state index contributed by atoms with van der Waals surface area (Å²) < 4.78 is 4.95. The Morgan fingerprint density at radius 2 is 2.42 bits per heavy atom. The summed E-state index contributed by atoms with van der Waals surface area (Å²) in [7, 11) is 1.67. The van der Waals surface area contributed by atoms with Crippen LogP contribution in [0.1, 0.15) is 19.8 Å². The van der Waals surface area contributed by atoms with Crippen LogP contribution in [0.2, 0.25) is 0 Å². The lowest BCUT2D eigenvalue weighted by Crippen LogP contribution is -2.40. The highest BCUT2D eigenvalue weighted by atomic mass is 16.5. The van der Waals surface area contributed by atoms with E-state index in [2.05, 4.69) is 10.3 Å². The zero-order valence-electron chi connectivity index (χ0n) is 7.71. The van der Waals surface area contributed by atoms with Gasteiger partial charge in [0.25, 0.3) is 0 Å². The Hall–Kier alpha value is -0.770. The largest absolute Gasteiger partial charge is 0.383 e. The fraction of sp³-hybridized carbons (Fsp3) is 0.875. The monoisotopic (exact) mass is 171 g/mol. The van der Waals surface area contributed by atoms with Gasteiger partial charge in [0.05, 0.1) is 12.6 Å². The van der Waals surface area contributed by atoms with Crippen LogP contribution in [-0.2, 0) is 4.74 Å². The third-order valence-corrected chi connectivity index (χ3v) is 1.68. The van der Waals surface area contributed by atoms with E-state index in [0.29, 0.717) is 18.6 Å². The summed E-state index contributed by atoms with van der Waals surface area (Å²) in [6.45, 7) is 2.67. The maximum absolute atomic E-state index is 5.63. The number of aliphatic imine (C=N–C) groups is 1. The molecule has 1 rings (SSSR count). The molecule has 4 nitrogen and oxygen atoms in total. The summed E-state index contributed by atoms with van der Waals surface area (Å²) in [5, 5.41) is 3.05. The zero-order chi connectivity index (χ0) is 8.97. The van der Waals surface area contributed by atoms with Gasteiger partial charge in [0.2, 0.25) is 0 Å². The van der Waals surface area contributed by atoms with Crippen molar-refractivity contribution in [3.63, 3.8) is 0 Å². The molecule has 1 aliphatic carbocycles. The van der Waals surface area contributed by atoms with Crippen molar-refractivity contribution in [1.29, 1.82) is 0 Å². The van der Waals surface area contributed by atoms with Crippen molar-refractivity contribution in [1.82, 2.24) is 5.32 Å². The van der Waals surface area contributed by atoms with E-state index in [1.165, 1.54) is 12.8 Å². The van der Waals surface area contributed by atoms with Crippen LogP contribution >= 0.6 is 0 Å². The predicted molar refractivity (Wildman–Crippen MR) is 49.1 cm³/mol. The van der Waals surface area contributed by atoms with Crippen LogP contribution in [-0.4, -0.2) is 31.8 Å². The van der Waals surface area contributed by atoms with Crippen LogP contribution in [0.5, 0.6) is 0 Å². The second-order valence-corrected chi connectivity index (χ2v) is 3.25. The number of guanidine groups is 1. The quantitative estimate of drug-likeness (QED) is 0.465. The average Bonchev–Trinajstić information content (AvgIpc) is 2.71. The average molecular weight is 171 g/mol. The van der Waals surface area contributed by atoms with Crippen LogP contribution < -0.4 is 11.1 Å². The third-order valence-electron chi connectivity index (χ3n) is 1.68. The molecule has 0 aromatic rings. The topological polar surface area (TPSA) is 59.6 Å². The van der Waals surface area contributed by atoms with Crippen molar-refractivity contribution >= 4 is 5.96 Å². The zero-order valence-corrected chi connectivity index (χ0v) is 7.71. The molecule has 4 heteroatoms. The second-order valence-electron chi connectivity index (χ2n) is 3.25. The van der Waals surface area contributed by atoms with Crippen LogP contribution in [0, 0.1) is 0 Å². The van der Waals surface area contributed by atoms with Gasteiger partial charge in [-0.1, -0.05) is 0 Å². The Balaban J connectivity index is 2.19. The van der Waals surface area contributed by atoms with Crippen molar-refractivity contribution in [2.45, 2.75) is 31.8 Å². The fourth-order valence-corrected chi connectivity index (χ4v) is 0.982. The first kappa shape index (κ1) is 9.32. The highest BCUT2D eigenvalue weighted by Crippen LogP contribution is 2.22. The van der Waals surface area contributed by atoms with Gasteiger partial charge in [0.1, 0.15) is 0 Å². The molecular weight excluding hydrogens is 154 g/mol. The van der Waals surface area contributed by atoms with E-state index in [1.807, 2.05) is 6.92 Å². The molecule has 0 aromatic heterocycles. The van der Waals surface area contributed by atoms with Gasteiger partial charge in [-0.25, -0.2) is 0 Å². The predicted octanol–water partition coefficient (Wildman–Crippen LogP) is 0.0880. The molecule has 0 heterocycles. The molecule has 1 saturated carbocycles. The molecule has 1 aliphatic rings. The Morgan fingerprint density at radius 1 is 1.75 bits per heavy atom. The molecule has 70 valence electrons. The van der Waals surface area contributed by atoms with Gasteiger partial charge in [-0.3, -0.25) is 4.99 Å². The summed E-state index contributed by atoms with van der Waals surface area (Å²) in [5.41, 5.74) is 5.63. The number of hydrogen-bond donors (Lipinski definition) is 2. The number of ether oxygens (including phenoxy) is 1. The molecule has 0 amide bonds. The van der Waals surface area contributed by atoms with Crippen molar-refractivity contribution in [3.05, 3.63) is 0 Å². The van der Waals surface area contributed by atoms with Crippen molar-refractivity contribution < 1.29 is 4.74 Å². The molecule has 0 aliphatic heterocycles. The Kier molecular flexibility index (Phi) is 3.34. The summed E-state index contributed by atoms with van der Waals surface area (Å²) in [6.07, 6.45) is 2.36. The van der Waals surface area contributed by atoms with Gasteiger partial charge >= 0.3 is 0 Å². The third kappa shape index (κ3) is 3.57. The van der Waals surface area contributed by atoms with Gasteiger partial charge in [-0.15, -0.1) is 0 Å². The smallest absolute Gasteiger partial charge is 0.189 e. The minimum Gasteiger partial charge on any atom is -0.383 e. The normalized spacial score (nSPS) is 20.7. The first-order chi connectivity index (χ1) is 5.72. The Labute approximate surface area is 73.2 Å². The molecule has 0 aromatic carbocycles. The summed E-state index contributed by atoms with van der Waals surface area (Å²) in [5.74, 6) is 0.544. The highest BCUT2D eigenvalue weighted by Gasteiger charge is 2.20. The fourth-order valence-electron chi connectivity index (χ4n) is 0.982. The van der Waals surface area contributed by atoms with E-state index in [0.717, 1.165) is 0 Å². The molecule has 0 radical (unpaired) electrons.